The Morgan fingerprint density at radius 2 is 1.94 bits per heavy atom. The third-order valence-corrected chi connectivity index (χ3v) is 2.85. The van der Waals surface area contributed by atoms with Gasteiger partial charge in [-0.3, -0.25) is 0 Å². The topological polar surface area (TPSA) is 50.7 Å². The lowest BCUT2D eigenvalue weighted by Gasteiger charge is -2.28. The minimum atomic E-state index is -0.173. The summed E-state index contributed by atoms with van der Waals surface area (Å²) in [6, 6.07) is 0. The molecule has 110 valence electrons. The van der Waals surface area contributed by atoms with E-state index in [1.165, 1.54) is 0 Å². The number of rotatable bonds is 12. The first-order chi connectivity index (χ1) is 8.54. The highest BCUT2D eigenvalue weighted by molar-refractivity contribution is 4.81. The first kappa shape index (κ1) is 17.8. The molecule has 0 aromatic heterocycles. The van der Waals surface area contributed by atoms with E-state index in [2.05, 4.69) is 19.2 Å². The number of aliphatic hydroxyl groups excluding tert-OH is 1. The molecule has 0 amide bonds. The summed E-state index contributed by atoms with van der Waals surface area (Å²) >= 11 is 0. The summed E-state index contributed by atoms with van der Waals surface area (Å²) in [5.41, 5.74) is -0.173. The molecule has 4 nitrogen and oxygen atoms in total. The first-order valence-electron chi connectivity index (χ1n) is 7.09. The molecule has 0 aromatic carbocycles. The van der Waals surface area contributed by atoms with Crippen LogP contribution in [0, 0.1) is 0 Å². The van der Waals surface area contributed by atoms with E-state index in [4.69, 9.17) is 9.47 Å². The van der Waals surface area contributed by atoms with Gasteiger partial charge in [0, 0.05) is 12.1 Å². The number of ether oxygens (including phenoxy) is 2. The number of hydrogen-bond acceptors (Lipinski definition) is 4. The van der Waals surface area contributed by atoms with Crippen molar-refractivity contribution in [1.29, 1.82) is 0 Å². The molecular formula is C14H31NO3. The minimum absolute atomic E-state index is 0.170. The maximum Gasteiger partial charge on any atom is 0.0703 e. The second kappa shape index (κ2) is 10.7. The molecule has 0 rings (SSSR count). The summed E-state index contributed by atoms with van der Waals surface area (Å²) < 4.78 is 10.9. The molecule has 0 aliphatic rings. The second-order valence-electron chi connectivity index (χ2n) is 5.28. The highest BCUT2D eigenvalue weighted by Gasteiger charge is 2.21. The Balaban J connectivity index is 3.50. The van der Waals surface area contributed by atoms with Gasteiger partial charge in [0.15, 0.2) is 0 Å². The van der Waals surface area contributed by atoms with Crippen molar-refractivity contribution in [3.05, 3.63) is 0 Å². The zero-order valence-corrected chi connectivity index (χ0v) is 12.5. The zero-order chi connectivity index (χ0) is 13.9. The number of hydrogen-bond donors (Lipinski definition) is 2. The molecule has 0 saturated heterocycles. The zero-order valence-electron chi connectivity index (χ0n) is 12.5. The van der Waals surface area contributed by atoms with Crippen LogP contribution in [-0.4, -0.2) is 49.7 Å². The van der Waals surface area contributed by atoms with E-state index in [1.807, 2.05) is 13.8 Å². The van der Waals surface area contributed by atoms with Crippen LogP contribution in [0.5, 0.6) is 0 Å². The summed E-state index contributed by atoms with van der Waals surface area (Å²) in [6.07, 6.45) is 3.23. The van der Waals surface area contributed by atoms with Crippen molar-refractivity contribution in [3.8, 4) is 0 Å². The molecule has 0 fully saturated rings. The number of nitrogens with one attached hydrogen (secondary N) is 1. The maximum absolute atomic E-state index is 9.39. The summed E-state index contributed by atoms with van der Waals surface area (Å²) in [5.74, 6) is 0. The summed E-state index contributed by atoms with van der Waals surface area (Å²) in [4.78, 5) is 0. The molecule has 1 atom stereocenters. The van der Waals surface area contributed by atoms with E-state index in [0.717, 1.165) is 32.4 Å². The minimum Gasteiger partial charge on any atom is -0.394 e. The van der Waals surface area contributed by atoms with Gasteiger partial charge in [0.1, 0.15) is 0 Å². The molecule has 1 unspecified atom stereocenters. The molecule has 0 bridgehead atoms. The third kappa shape index (κ3) is 9.83. The lowest BCUT2D eigenvalue weighted by atomic mass is 9.97. The van der Waals surface area contributed by atoms with Crippen LogP contribution in [0.25, 0.3) is 0 Å². The van der Waals surface area contributed by atoms with E-state index < -0.39 is 0 Å². The van der Waals surface area contributed by atoms with Crippen LogP contribution in [0.15, 0.2) is 0 Å². The Labute approximate surface area is 112 Å². The fraction of sp³-hybridized carbons (Fsp3) is 1.00. The standard InChI is InChI=1S/C14H31NO3/c1-5-8-15-14(4,12-16)7-6-9-17-10-11-18-13(2)3/h13,15-16H,5-12H2,1-4H3. The van der Waals surface area contributed by atoms with E-state index in [1.54, 1.807) is 0 Å². The normalized spacial score (nSPS) is 15.0. The predicted octanol–water partition coefficient (Wildman–Crippen LogP) is 1.96. The van der Waals surface area contributed by atoms with Crippen LogP contribution in [0.1, 0.15) is 47.0 Å². The molecule has 0 aliphatic carbocycles. The van der Waals surface area contributed by atoms with Gasteiger partial charge in [-0.25, -0.2) is 0 Å². The van der Waals surface area contributed by atoms with Gasteiger partial charge < -0.3 is 19.9 Å². The molecule has 0 aliphatic heterocycles. The fourth-order valence-corrected chi connectivity index (χ4v) is 1.66. The van der Waals surface area contributed by atoms with Gasteiger partial charge >= 0.3 is 0 Å². The van der Waals surface area contributed by atoms with Gasteiger partial charge in [-0.15, -0.1) is 0 Å². The van der Waals surface area contributed by atoms with E-state index in [9.17, 15) is 5.11 Å². The summed E-state index contributed by atoms with van der Waals surface area (Å²) in [5, 5.41) is 12.8. The highest BCUT2D eigenvalue weighted by Crippen LogP contribution is 2.11. The summed E-state index contributed by atoms with van der Waals surface area (Å²) in [6.45, 7) is 11.4. The van der Waals surface area contributed by atoms with Crippen LogP contribution in [-0.2, 0) is 9.47 Å². The first-order valence-corrected chi connectivity index (χ1v) is 7.09. The molecule has 0 saturated carbocycles. The van der Waals surface area contributed by atoms with Gasteiger partial charge in [0.25, 0.3) is 0 Å². The lowest BCUT2D eigenvalue weighted by Crippen LogP contribution is -2.46. The van der Waals surface area contributed by atoms with Crippen molar-refractivity contribution < 1.29 is 14.6 Å². The molecule has 4 heteroatoms. The largest absolute Gasteiger partial charge is 0.394 e. The smallest absolute Gasteiger partial charge is 0.0703 e. The molecule has 2 N–H and O–H groups in total. The van der Waals surface area contributed by atoms with Crippen LogP contribution < -0.4 is 5.32 Å². The van der Waals surface area contributed by atoms with Gasteiger partial charge in [-0.1, -0.05) is 6.92 Å². The van der Waals surface area contributed by atoms with E-state index in [-0.39, 0.29) is 18.2 Å². The molecule has 0 radical (unpaired) electrons. The Hall–Kier alpha value is -0.160. The van der Waals surface area contributed by atoms with Gasteiger partial charge in [-0.2, -0.15) is 0 Å². The Kier molecular flexibility index (Phi) is 10.6. The third-order valence-electron chi connectivity index (χ3n) is 2.85. The van der Waals surface area contributed by atoms with Crippen LogP contribution in [0.2, 0.25) is 0 Å². The molecular weight excluding hydrogens is 230 g/mol. The van der Waals surface area contributed by atoms with Crippen LogP contribution in [0.3, 0.4) is 0 Å². The fourth-order valence-electron chi connectivity index (χ4n) is 1.66. The number of aliphatic hydroxyl groups is 1. The van der Waals surface area contributed by atoms with Crippen molar-refractivity contribution in [3.63, 3.8) is 0 Å². The Morgan fingerprint density at radius 3 is 2.50 bits per heavy atom. The molecule has 0 spiro atoms. The van der Waals surface area contributed by atoms with Crippen molar-refractivity contribution in [2.75, 3.05) is 33.0 Å². The Morgan fingerprint density at radius 1 is 1.22 bits per heavy atom. The molecule has 0 aromatic rings. The molecule has 0 heterocycles. The van der Waals surface area contributed by atoms with Crippen LogP contribution in [0.4, 0.5) is 0 Å². The van der Waals surface area contributed by atoms with Crippen molar-refractivity contribution in [2.45, 2.75) is 58.6 Å². The van der Waals surface area contributed by atoms with E-state index in [0.29, 0.717) is 13.2 Å². The van der Waals surface area contributed by atoms with Crippen LogP contribution >= 0.6 is 0 Å². The average Bonchev–Trinajstić information content (AvgIpc) is 2.35. The predicted molar refractivity (Wildman–Crippen MR) is 74.9 cm³/mol. The quantitative estimate of drug-likeness (QED) is 0.527. The average molecular weight is 261 g/mol. The highest BCUT2D eigenvalue weighted by atomic mass is 16.5. The van der Waals surface area contributed by atoms with Gasteiger partial charge in [0.2, 0.25) is 0 Å². The van der Waals surface area contributed by atoms with Crippen molar-refractivity contribution in [2.24, 2.45) is 0 Å². The molecule has 18 heavy (non-hydrogen) atoms. The summed E-state index contributed by atoms with van der Waals surface area (Å²) in [7, 11) is 0. The maximum atomic E-state index is 9.39. The monoisotopic (exact) mass is 261 g/mol. The van der Waals surface area contributed by atoms with Gasteiger partial charge in [0.05, 0.1) is 25.9 Å². The van der Waals surface area contributed by atoms with Gasteiger partial charge in [-0.05, 0) is 46.6 Å². The SMILES string of the molecule is CCCNC(C)(CO)CCCOCCOC(C)C. The van der Waals surface area contributed by atoms with E-state index >= 15 is 0 Å². The van der Waals surface area contributed by atoms with Crippen molar-refractivity contribution in [1.82, 2.24) is 5.32 Å². The second-order valence-corrected chi connectivity index (χ2v) is 5.28. The van der Waals surface area contributed by atoms with Crippen molar-refractivity contribution >= 4 is 0 Å². The Bertz CT molecular complexity index is 188. The lowest BCUT2D eigenvalue weighted by molar-refractivity contribution is 0.0168.